The molecule has 64 heavy (non-hydrogen) atoms. The van der Waals surface area contributed by atoms with Crippen LogP contribution in [-0.2, 0) is 23.8 Å². The number of carbonyl (C=O) groups excluding carboxylic acids is 2. The Morgan fingerprint density at radius 2 is 0.703 bits per heavy atom. The lowest BCUT2D eigenvalue weighted by Crippen LogP contribution is -2.30. The molecule has 0 aliphatic heterocycles. The Labute approximate surface area is 400 Å². The van der Waals surface area contributed by atoms with Crippen molar-refractivity contribution in [2.75, 3.05) is 19.8 Å². The minimum Gasteiger partial charge on any atom is -0.462 e. The first-order valence-electron chi connectivity index (χ1n) is 28.5. The van der Waals surface area contributed by atoms with E-state index in [9.17, 15) is 9.59 Å². The normalized spacial score (nSPS) is 12.4. The lowest BCUT2D eigenvalue weighted by atomic mass is 10.0. The smallest absolute Gasteiger partial charge is 0.306 e. The van der Waals surface area contributed by atoms with Gasteiger partial charge in [-0.3, -0.25) is 9.59 Å². The van der Waals surface area contributed by atoms with Crippen molar-refractivity contribution in [2.24, 2.45) is 0 Å². The van der Waals surface area contributed by atoms with Crippen molar-refractivity contribution in [3.05, 3.63) is 36.5 Å². The maximum atomic E-state index is 12.8. The summed E-state index contributed by atoms with van der Waals surface area (Å²) in [7, 11) is 0. The SMILES string of the molecule is CC/C=C\C/C=C\C/C=C\CCCCCC(=O)OC(COCCCCCCCCCCCCCCCCCC)COC(=O)CCCCCCCCCCCCCCCCCCCCC. The highest BCUT2D eigenvalue weighted by Gasteiger charge is 2.17. The lowest BCUT2D eigenvalue weighted by Gasteiger charge is -2.18. The molecule has 0 amide bonds. The van der Waals surface area contributed by atoms with Crippen LogP contribution in [0.25, 0.3) is 0 Å². The summed E-state index contributed by atoms with van der Waals surface area (Å²) in [6.45, 7) is 7.75. The van der Waals surface area contributed by atoms with E-state index in [1.807, 2.05) is 0 Å². The number of hydrogen-bond donors (Lipinski definition) is 0. The van der Waals surface area contributed by atoms with Crippen LogP contribution in [0.5, 0.6) is 0 Å². The van der Waals surface area contributed by atoms with Gasteiger partial charge in [0.15, 0.2) is 6.10 Å². The van der Waals surface area contributed by atoms with Crippen LogP contribution in [-0.4, -0.2) is 37.9 Å². The molecule has 5 nitrogen and oxygen atoms in total. The van der Waals surface area contributed by atoms with Gasteiger partial charge in [-0.1, -0.05) is 276 Å². The number of ether oxygens (including phenoxy) is 3. The number of esters is 2. The van der Waals surface area contributed by atoms with Crippen LogP contribution in [0.2, 0.25) is 0 Å². The van der Waals surface area contributed by atoms with Crippen LogP contribution < -0.4 is 0 Å². The molecule has 0 aliphatic rings. The van der Waals surface area contributed by atoms with Gasteiger partial charge in [0.05, 0.1) is 6.61 Å². The van der Waals surface area contributed by atoms with Crippen LogP contribution >= 0.6 is 0 Å². The molecular weight excluding hydrogens is 789 g/mol. The molecule has 1 unspecified atom stereocenters. The molecule has 0 rings (SSSR count). The fourth-order valence-electron chi connectivity index (χ4n) is 8.47. The topological polar surface area (TPSA) is 61.8 Å². The highest BCUT2D eigenvalue weighted by atomic mass is 16.6. The van der Waals surface area contributed by atoms with Gasteiger partial charge < -0.3 is 14.2 Å². The number of hydrogen-bond acceptors (Lipinski definition) is 5. The molecule has 5 heteroatoms. The van der Waals surface area contributed by atoms with E-state index in [0.29, 0.717) is 19.4 Å². The van der Waals surface area contributed by atoms with Crippen molar-refractivity contribution < 1.29 is 23.8 Å². The summed E-state index contributed by atoms with van der Waals surface area (Å²) in [6.07, 6.45) is 67.4. The quantitative estimate of drug-likeness (QED) is 0.0346. The Kier molecular flexibility index (Phi) is 53.8. The fraction of sp³-hybridized carbons (Fsp3) is 0.864. The summed E-state index contributed by atoms with van der Waals surface area (Å²) in [5.41, 5.74) is 0. The van der Waals surface area contributed by atoms with E-state index in [1.54, 1.807) is 0 Å². The summed E-state index contributed by atoms with van der Waals surface area (Å²) < 4.78 is 17.4. The Balaban J connectivity index is 4.20. The zero-order valence-corrected chi connectivity index (χ0v) is 43.3. The van der Waals surface area contributed by atoms with E-state index in [-0.39, 0.29) is 25.2 Å². The zero-order chi connectivity index (χ0) is 46.3. The molecular formula is C59H110O5. The molecule has 376 valence electrons. The average Bonchev–Trinajstić information content (AvgIpc) is 3.30. The first-order valence-corrected chi connectivity index (χ1v) is 28.5. The number of unbranched alkanes of at least 4 members (excludes halogenated alkanes) is 36. The van der Waals surface area contributed by atoms with Crippen molar-refractivity contribution in [1.29, 1.82) is 0 Å². The predicted molar refractivity (Wildman–Crippen MR) is 279 cm³/mol. The van der Waals surface area contributed by atoms with E-state index in [0.717, 1.165) is 64.2 Å². The fourth-order valence-corrected chi connectivity index (χ4v) is 8.47. The van der Waals surface area contributed by atoms with E-state index in [4.69, 9.17) is 14.2 Å². The minimum absolute atomic E-state index is 0.0801. The maximum Gasteiger partial charge on any atom is 0.306 e. The number of allylic oxidation sites excluding steroid dienone is 6. The Morgan fingerprint density at radius 3 is 1.12 bits per heavy atom. The molecule has 0 fully saturated rings. The summed E-state index contributed by atoms with van der Waals surface area (Å²) in [4.78, 5) is 25.5. The van der Waals surface area contributed by atoms with Gasteiger partial charge in [0.2, 0.25) is 0 Å². The molecule has 0 heterocycles. The van der Waals surface area contributed by atoms with E-state index >= 15 is 0 Å². The second-order valence-corrected chi connectivity index (χ2v) is 19.2. The molecule has 0 saturated carbocycles. The standard InChI is InChI=1S/C59H110O5/c1-4-7-10-13-16-19-22-25-27-29-30-31-32-35-37-40-43-46-49-52-58(60)63-56-57(64-59(61)53-50-47-44-41-38-34-24-21-18-15-12-9-6-3)55-62-54-51-48-45-42-39-36-33-28-26-23-20-17-14-11-8-5-2/h9,12,18,21,34,38,57H,4-8,10-11,13-17,19-20,22-33,35-37,39-56H2,1-3H3/b12-9-,21-18-,38-34-. The molecule has 0 aromatic carbocycles. The Bertz CT molecular complexity index is 1020. The minimum atomic E-state index is -0.545. The first kappa shape index (κ1) is 62.1. The summed E-state index contributed by atoms with van der Waals surface area (Å²) in [6, 6.07) is 0. The summed E-state index contributed by atoms with van der Waals surface area (Å²) >= 11 is 0. The summed E-state index contributed by atoms with van der Waals surface area (Å²) in [5.74, 6) is -0.411. The third kappa shape index (κ3) is 52.7. The van der Waals surface area contributed by atoms with Crippen LogP contribution in [0, 0.1) is 0 Å². The molecule has 0 spiro atoms. The molecule has 0 bridgehead atoms. The van der Waals surface area contributed by atoms with Gasteiger partial charge in [-0.2, -0.15) is 0 Å². The van der Waals surface area contributed by atoms with Crippen molar-refractivity contribution in [3.8, 4) is 0 Å². The van der Waals surface area contributed by atoms with Crippen LogP contribution in [0.15, 0.2) is 36.5 Å². The van der Waals surface area contributed by atoms with Crippen molar-refractivity contribution in [3.63, 3.8) is 0 Å². The average molecular weight is 900 g/mol. The van der Waals surface area contributed by atoms with Gasteiger partial charge in [-0.15, -0.1) is 0 Å². The number of rotatable bonds is 53. The highest BCUT2D eigenvalue weighted by molar-refractivity contribution is 5.70. The van der Waals surface area contributed by atoms with E-state index in [1.165, 1.54) is 205 Å². The Hall–Kier alpha value is -1.88. The molecule has 0 saturated heterocycles. The van der Waals surface area contributed by atoms with Crippen molar-refractivity contribution >= 4 is 11.9 Å². The predicted octanol–water partition coefficient (Wildman–Crippen LogP) is 19.4. The van der Waals surface area contributed by atoms with Crippen LogP contribution in [0.3, 0.4) is 0 Å². The molecule has 0 aromatic heterocycles. The molecule has 0 aromatic rings. The third-order valence-electron chi connectivity index (χ3n) is 12.7. The molecule has 0 aliphatic carbocycles. The largest absolute Gasteiger partial charge is 0.462 e. The Morgan fingerprint density at radius 1 is 0.359 bits per heavy atom. The summed E-state index contributed by atoms with van der Waals surface area (Å²) in [5, 5.41) is 0. The first-order chi connectivity index (χ1) is 31.6. The van der Waals surface area contributed by atoms with Crippen LogP contribution in [0.4, 0.5) is 0 Å². The number of carbonyl (C=O) groups is 2. The second-order valence-electron chi connectivity index (χ2n) is 19.2. The second kappa shape index (κ2) is 55.4. The van der Waals surface area contributed by atoms with Gasteiger partial charge in [0, 0.05) is 19.4 Å². The van der Waals surface area contributed by atoms with Crippen LogP contribution in [0.1, 0.15) is 303 Å². The van der Waals surface area contributed by atoms with Crippen molar-refractivity contribution in [2.45, 2.75) is 309 Å². The van der Waals surface area contributed by atoms with Gasteiger partial charge in [0.25, 0.3) is 0 Å². The lowest BCUT2D eigenvalue weighted by molar-refractivity contribution is -0.163. The molecule has 0 radical (unpaired) electrons. The zero-order valence-electron chi connectivity index (χ0n) is 43.3. The third-order valence-corrected chi connectivity index (χ3v) is 12.7. The molecule has 1 atom stereocenters. The van der Waals surface area contributed by atoms with Gasteiger partial charge >= 0.3 is 11.9 Å². The van der Waals surface area contributed by atoms with Gasteiger partial charge in [-0.25, -0.2) is 0 Å². The van der Waals surface area contributed by atoms with Gasteiger partial charge in [-0.05, 0) is 51.4 Å². The van der Waals surface area contributed by atoms with Crippen molar-refractivity contribution in [1.82, 2.24) is 0 Å². The van der Waals surface area contributed by atoms with E-state index in [2.05, 4.69) is 57.2 Å². The monoisotopic (exact) mass is 899 g/mol. The highest BCUT2D eigenvalue weighted by Crippen LogP contribution is 2.17. The maximum absolute atomic E-state index is 12.8. The van der Waals surface area contributed by atoms with Gasteiger partial charge in [0.1, 0.15) is 6.61 Å². The molecule has 0 N–H and O–H groups in total. The van der Waals surface area contributed by atoms with E-state index < -0.39 is 6.10 Å².